The van der Waals surface area contributed by atoms with Gasteiger partial charge in [-0.15, -0.1) is 0 Å². The Morgan fingerprint density at radius 1 is 1.09 bits per heavy atom. The fraction of sp³-hybridized carbons (Fsp3) is 0.500. The largest absolute Gasteiger partial charge is 0.465 e. The Labute approximate surface area is 261 Å². The summed E-state index contributed by atoms with van der Waals surface area (Å²) in [6.07, 6.45) is -1.52. The minimum atomic E-state index is -4.58. The summed E-state index contributed by atoms with van der Waals surface area (Å²) in [7, 11) is 0. The standard InChI is InChI=1S/C30H35F3N6O7/c1-29(2,3)46-28(43)38-26-23(24-22(45-26)10-17(12-35-24)16-5-8-44-9-6-16)25(40)37-20-13-34-7-4-21(20)39-14-18(30(31,32)33)11-19(15-39)36-27(41)42/h4,7,10,12-13,16,18-19,36H,5-6,8-9,11,14-15H2,1-3H3,(H,37,40)(H,38,43)(H,41,42)/t18-,19+/m1/s1. The third-order valence-electron chi connectivity index (χ3n) is 7.71. The number of pyridine rings is 2. The molecule has 3 amide bonds. The maximum Gasteiger partial charge on any atom is 0.414 e. The summed E-state index contributed by atoms with van der Waals surface area (Å²) in [5, 5.41) is 16.5. The fourth-order valence-electron chi connectivity index (χ4n) is 5.70. The normalized spacial score (nSPS) is 19.5. The zero-order chi connectivity index (χ0) is 33.2. The van der Waals surface area contributed by atoms with Crippen LogP contribution in [0.2, 0.25) is 0 Å². The smallest absolute Gasteiger partial charge is 0.414 e. The third kappa shape index (κ3) is 7.78. The van der Waals surface area contributed by atoms with Crippen molar-refractivity contribution < 1.29 is 46.6 Å². The summed E-state index contributed by atoms with van der Waals surface area (Å²) < 4.78 is 58.2. The lowest BCUT2D eigenvalue weighted by Crippen LogP contribution is -2.53. The number of furan rings is 1. The number of carbonyl (C=O) groups excluding carboxylic acids is 2. The van der Waals surface area contributed by atoms with E-state index in [1.165, 1.54) is 23.4 Å². The van der Waals surface area contributed by atoms with Crippen molar-refractivity contribution in [3.05, 3.63) is 41.9 Å². The number of alkyl halides is 3. The lowest BCUT2D eigenvalue weighted by molar-refractivity contribution is -0.177. The molecule has 4 N–H and O–H groups in total. The summed E-state index contributed by atoms with van der Waals surface area (Å²) in [5.41, 5.74) is 0.520. The highest BCUT2D eigenvalue weighted by atomic mass is 19.4. The molecule has 2 aliphatic heterocycles. The number of piperidine rings is 1. The van der Waals surface area contributed by atoms with Crippen molar-refractivity contribution in [2.75, 3.05) is 41.8 Å². The molecule has 3 aromatic heterocycles. The van der Waals surface area contributed by atoms with Crippen LogP contribution in [-0.4, -0.2) is 77.3 Å². The van der Waals surface area contributed by atoms with Gasteiger partial charge in [0, 0.05) is 38.7 Å². The van der Waals surface area contributed by atoms with Gasteiger partial charge in [0.25, 0.3) is 5.91 Å². The fourth-order valence-corrected chi connectivity index (χ4v) is 5.70. The number of nitrogens with one attached hydrogen (secondary N) is 3. The van der Waals surface area contributed by atoms with E-state index in [1.54, 1.807) is 33.0 Å². The van der Waals surface area contributed by atoms with Crippen molar-refractivity contribution >= 4 is 46.5 Å². The summed E-state index contributed by atoms with van der Waals surface area (Å²) >= 11 is 0. The summed E-state index contributed by atoms with van der Waals surface area (Å²) in [4.78, 5) is 47.8. The Balaban J connectivity index is 1.48. The molecule has 2 aliphatic rings. The molecule has 2 fully saturated rings. The highest BCUT2D eigenvalue weighted by Gasteiger charge is 2.45. The van der Waals surface area contributed by atoms with Crippen LogP contribution in [0.4, 0.5) is 40.0 Å². The highest BCUT2D eigenvalue weighted by Crippen LogP contribution is 2.38. The van der Waals surface area contributed by atoms with Gasteiger partial charge in [0.05, 0.1) is 29.5 Å². The average molecular weight is 649 g/mol. The van der Waals surface area contributed by atoms with Gasteiger partial charge < -0.3 is 34.5 Å². The number of halogens is 3. The first kappa shape index (κ1) is 32.8. The zero-order valence-corrected chi connectivity index (χ0v) is 25.4. The van der Waals surface area contributed by atoms with E-state index in [0.717, 1.165) is 18.4 Å². The molecule has 46 heavy (non-hydrogen) atoms. The molecule has 0 unspecified atom stereocenters. The van der Waals surface area contributed by atoms with Crippen LogP contribution in [-0.2, 0) is 9.47 Å². The number of amides is 3. The van der Waals surface area contributed by atoms with Crippen molar-refractivity contribution in [2.45, 2.75) is 63.8 Å². The van der Waals surface area contributed by atoms with Crippen LogP contribution in [0.15, 0.2) is 35.1 Å². The van der Waals surface area contributed by atoms with Crippen molar-refractivity contribution in [1.82, 2.24) is 15.3 Å². The lowest BCUT2D eigenvalue weighted by Gasteiger charge is -2.40. The second-order valence-electron chi connectivity index (χ2n) is 12.3. The molecule has 0 radical (unpaired) electrons. The monoisotopic (exact) mass is 648 g/mol. The van der Waals surface area contributed by atoms with Crippen LogP contribution in [0.3, 0.4) is 0 Å². The SMILES string of the molecule is CC(C)(C)OC(=O)Nc1oc2cc(C3CCOCC3)cnc2c1C(=O)Nc1cnccc1N1C[C@@H](NC(=O)O)C[C@@H](C(F)(F)F)C1. The van der Waals surface area contributed by atoms with E-state index in [1.807, 2.05) is 0 Å². The van der Waals surface area contributed by atoms with Crippen molar-refractivity contribution in [3.8, 4) is 0 Å². The van der Waals surface area contributed by atoms with E-state index in [9.17, 15) is 32.7 Å². The first-order valence-corrected chi connectivity index (χ1v) is 14.7. The Morgan fingerprint density at radius 2 is 1.83 bits per heavy atom. The molecular formula is C30H35F3N6O7. The molecular weight excluding hydrogens is 613 g/mol. The van der Waals surface area contributed by atoms with Gasteiger partial charge in [-0.25, -0.2) is 9.59 Å². The Bertz CT molecular complexity index is 1600. The maximum absolute atomic E-state index is 13.9. The van der Waals surface area contributed by atoms with Crippen molar-refractivity contribution in [1.29, 1.82) is 0 Å². The van der Waals surface area contributed by atoms with Gasteiger partial charge in [0.2, 0.25) is 5.88 Å². The van der Waals surface area contributed by atoms with Gasteiger partial charge >= 0.3 is 18.4 Å². The van der Waals surface area contributed by atoms with Crippen LogP contribution in [0, 0.1) is 5.92 Å². The quantitative estimate of drug-likeness (QED) is 0.259. The molecule has 0 aromatic carbocycles. The van der Waals surface area contributed by atoms with Gasteiger partial charge in [0.15, 0.2) is 5.58 Å². The molecule has 248 valence electrons. The zero-order valence-electron chi connectivity index (χ0n) is 25.4. The minimum absolute atomic E-state index is 0.0563. The molecule has 16 heteroatoms. The number of anilines is 3. The van der Waals surface area contributed by atoms with Crippen LogP contribution in [0.25, 0.3) is 11.1 Å². The first-order chi connectivity index (χ1) is 21.7. The highest BCUT2D eigenvalue weighted by molar-refractivity contribution is 6.16. The average Bonchev–Trinajstić information content (AvgIpc) is 3.32. The van der Waals surface area contributed by atoms with E-state index < -0.39 is 54.8 Å². The molecule has 13 nitrogen and oxygen atoms in total. The Kier molecular flexibility index (Phi) is 9.28. The molecule has 0 saturated carbocycles. The van der Waals surface area contributed by atoms with E-state index in [-0.39, 0.29) is 46.4 Å². The van der Waals surface area contributed by atoms with E-state index in [2.05, 4.69) is 25.9 Å². The third-order valence-corrected chi connectivity index (χ3v) is 7.71. The predicted molar refractivity (Wildman–Crippen MR) is 160 cm³/mol. The minimum Gasteiger partial charge on any atom is -0.465 e. The van der Waals surface area contributed by atoms with Crippen LogP contribution in [0.5, 0.6) is 0 Å². The Morgan fingerprint density at radius 3 is 2.50 bits per heavy atom. The van der Waals surface area contributed by atoms with Gasteiger partial charge in [-0.05, 0) is 63.6 Å². The number of aromatic nitrogens is 2. The molecule has 3 aromatic rings. The topological polar surface area (TPSA) is 168 Å². The second-order valence-corrected chi connectivity index (χ2v) is 12.3. The van der Waals surface area contributed by atoms with Gasteiger partial charge in [-0.1, -0.05) is 0 Å². The van der Waals surface area contributed by atoms with Crippen molar-refractivity contribution in [3.63, 3.8) is 0 Å². The van der Waals surface area contributed by atoms with E-state index in [4.69, 9.17) is 13.9 Å². The number of carbonyl (C=O) groups is 3. The van der Waals surface area contributed by atoms with E-state index >= 15 is 0 Å². The summed E-state index contributed by atoms with van der Waals surface area (Å²) in [5.74, 6) is -2.68. The van der Waals surface area contributed by atoms with Crippen LogP contribution >= 0.6 is 0 Å². The van der Waals surface area contributed by atoms with E-state index in [0.29, 0.717) is 13.2 Å². The molecule has 0 bridgehead atoms. The van der Waals surface area contributed by atoms with Gasteiger partial charge in [-0.3, -0.25) is 20.1 Å². The Hall–Kier alpha value is -4.60. The molecule has 0 aliphatic carbocycles. The molecule has 0 spiro atoms. The number of ether oxygens (including phenoxy) is 2. The number of nitrogens with zero attached hydrogens (tertiary/aromatic N) is 3. The number of carboxylic acid groups (broad SMARTS) is 1. The first-order valence-electron chi connectivity index (χ1n) is 14.7. The number of hydrogen-bond donors (Lipinski definition) is 4. The predicted octanol–water partition coefficient (Wildman–Crippen LogP) is 5.74. The maximum atomic E-state index is 13.9. The van der Waals surface area contributed by atoms with Crippen molar-refractivity contribution in [2.24, 2.45) is 5.92 Å². The van der Waals surface area contributed by atoms with Gasteiger partial charge in [0.1, 0.15) is 16.7 Å². The molecule has 2 atom stereocenters. The number of fused-ring (bicyclic) bond motifs is 1. The van der Waals surface area contributed by atoms with Crippen LogP contribution < -0.4 is 20.9 Å². The number of hydrogen-bond acceptors (Lipinski definition) is 9. The molecule has 5 heterocycles. The lowest BCUT2D eigenvalue weighted by atomic mass is 9.93. The number of rotatable bonds is 6. The summed E-state index contributed by atoms with van der Waals surface area (Å²) in [6, 6.07) is 2.16. The second kappa shape index (κ2) is 13.0. The molecule has 5 rings (SSSR count). The van der Waals surface area contributed by atoms with Crippen LogP contribution in [0.1, 0.15) is 61.9 Å². The summed E-state index contributed by atoms with van der Waals surface area (Å²) in [6.45, 7) is 5.66. The van der Waals surface area contributed by atoms with Gasteiger partial charge in [-0.2, -0.15) is 13.2 Å². The molecule has 2 saturated heterocycles.